The summed E-state index contributed by atoms with van der Waals surface area (Å²) in [5, 5.41) is 3.63. The third-order valence-corrected chi connectivity index (χ3v) is 4.83. The summed E-state index contributed by atoms with van der Waals surface area (Å²) in [6.07, 6.45) is 5.02. The van der Waals surface area contributed by atoms with Gasteiger partial charge >= 0.3 is 0 Å². The van der Waals surface area contributed by atoms with Crippen LogP contribution in [0.25, 0.3) is 0 Å². The van der Waals surface area contributed by atoms with Crippen LogP contribution in [-0.2, 0) is 11.2 Å². The van der Waals surface area contributed by atoms with Crippen LogP contribution < -0.4 is 5.32 Å². The number of benzene rings is 1. The smallest absolute Gasteiger partial charge is 0.0775 e. The van der Waals surface area contributed by atoms with E-state index in [2.05, 4.69) is 50.4 Å². The molecule has 0 amide bonds. The number of aryl methyl sites for hydroxylation is 1. The molecule has 112 valence electrons. The molecule has 20 heavy (non-hydrogen) atoms. The van der Waals surface area contributed by atoms with Gasteiger partial charge in [-0.1, -0.05) is 31.2 Å². The van der Waals surface area contributed by atoms with E-state index >= 15 is 0 Å². The van der Waals surface area contributed by atoms with Crippen LogP contribution in [0.1, 0.15) is 57.1 Å². The second-order valence-electron chi connectivity index (χ2n) is 6.44. The summed E-state index contributed by atoms with van der Waals surface area (Å²) in [6.45, 7) is 7.55. The van der Waals surface area contributed by atoms with Gasteiger partial charge in [-0.15, -0.1) is 0 Å². The summed E-state index contributed by atoms with van der Waals surface area (Å²) in [7, 11) is 1.82. The quantitative estimate of drug-likeness (QED) is 0.850. The number of hydrogen-bond acceptors (Lipinski definition) is 2. The lowest BCUT2D eigenvalue weighted by Gasteiger charge is -2.37. The molecule has 2 atom stereocenters. The standard InChI is InChI=1S/C18H29NO/c1-5-19-17(18(2,3)20-4)13-15-11-8-10-14-9-6-7-12-16(14)15/h6-7,9,12,15,17,19H,5,8,10-11,13H2,1-4H3. The highest BCUT2D eigenvalue weighted by Gasteiger charge is 2.32. The molecule has 2 rings (SSSR count). The Morgan fingerprint density at radius 3 is 2.80 bits per heavy atom. The summed E-state index contributed by atoms with van der Waals surface area (Å²) in [5.41, 5.74) is 2.99. The molecular weight excluding hydrogens is 246 g/mol. The maximum absolute atomic E-state index is 5.72. The molecule has 0 heterocycles. The minimum Gasteiger partial charge on any atom is -0.377 e. The van der Waals surface area contributed by atoms with E-state index in [0.29, 0.717) is 12.0 Å². The van der Waals surface area contributed by atoms with Gasteiger partial charge < -0.3 is 10.1 Å². The summed E-state index contributed by atoms with van der Waals surface area (Å²) in [6, 6.07) is 9.37. The summed E-state index contributed by atoms with van der Waals surface area (Å²) < 4.78 is 5.72. The van der Waals surface area contributed by atoms with Gasteiger partial charge in [0.15, 0.2) is 0 Å². The minimum atomic E-state index is -0.123. The van der Waals surface area contributed by atoms with Gasteiger partial charge in [0.25, 0.3) is 0 Å². The number of ether oxygens (including phenoxy) is 1. The van der Waals surface area contributed by atoms with Crippen molar-refractivity contribution < 1.29 is 4.74 Å². The molecule has 1 N–H and O–H groups in total. The van der Waals surface area contributed by atoms with Crippen LogP contribution >= 0.6 is 0 Å². The summed E-state index contributed by atoms with van der Waals surface area (Å²) in [4.78, 5) is 0. The number of hydrogen-bond donors (Lipinski definition) is 1. The average Bonchev–Trinajstić information content (AvgIpc) is 2.47. The van der Waals surface area contributed by atoms with E-state index in [9.17, 15) is 0 Å². The van der Waals surface area contributed by atoms with Crippen molar-refractivity contribution in [1.29, 1.82) is 0 Å². The van der Waals surface area contributed by atoms with Crippen LogP contribution in [0, 0.1) is 0 Å². The SMILES string of the molecule is CCNC(CC1CCCc2ccccc21)C(C)(C)OC. The molecule has 2 unspecified atom stereocenters. The fraction of sp³-hybridized carbons (Fsp3) is 0.667. The van der Waals surface area contributed by atoms with Crippen LogP contribution in [0.2, 0.25) is 0 Å². The molecule has 0 spiro atoms. The predicted molar refractivity (Wildman–Crippen MR) is 85.3 cm³/mol. The highest BCUT2D eigenvalue weighted by Crippen LogP contribution is 2.36. The van der Waals surface area contributed by atoms with Gasteiger partial charge in [0, 0.05) is 13.2 Å². The monoisotopic (exact) mass is 275 g/mol. The molecule has 0 bridgehead atoms. The second kappa shape index (κ2) is 6.73. The first-order valence-electron chi connectivity index (χ1n) is 7.94. The topological polar surface area (TPSA) is 21.3 Å². The zero-order valence-corrected chi connectivity index (χ0v) is 13.4. The molecule has 1 aliphatic carbocycles. The van der Waals surface area contributed by atoms with Crippen molar-refractivity contribution in [2.75, 3.05) is 13.7 Å². The van der Waals surface area contributed by atoms with Crippen LogP contribution in [0.3, 0.4) is 0 Å². The second-order valence-corrected chi connectivity index (χ2v) is 6.44. The lowest BCUT2D eigenvalue weighted by atomic mass is 9.77. The zero-order valence-electron chi connectivity index (χ0n) is 13.4. The van der Waals surface area contributed by atoms with Crippen LogP contribution in [0.5, 0.6) is 0 Å². The lowest BCUT2D eigenvalue weighted by molar-refractivity contribution is -0.0143. The zero-order chi connectivity index (χ0) is 14.6. The molecule has 2 heteroatoms. The van der Waals surface area contributed by atoms with E-state index in [4.69, 9.17) is 4.74 Å². The molecule has 0 radical (unpaired) electrons. The highest BCUT2D eigenvalue weighted by molar-refractivity contribution is 5.32. The predicted octanol–water partition coefficient (Wildman–Crippen LogP) is 3.90. The van der Waals surface area contributed by atoms with Crippen molar-refractivity contribution in [2.24, 2.45) is 0 Å². The molecule has 1 aromatic rings. The van der Waals surface area contributed by atoms with E-state index in [1.54, 1.807) is 11.1 Å². The third kappa shape index (κ3) is 3.42. The normalized spacial score (nSPS) is 20.5. The van der Waals surface area contributed by atoms with Crippen LogP contribution in [0.4, 0.5) is 0 Å². The van der Waals surface area contributed by atoms with Gasteiger partial charge in [0.05, 0.1) is 5.60 Å². The van der Waals surface area contributed by atoms with Gasteiger partial charge in [-0.25, -0.2) is 0 Å². The highest BCUT2D eigenvalue weighted by atomic mass is 16.5. The first kappa shape index (κ1) is 15.5. The van der Waals surface area contributed by atoms with Crippen molar-refractivity contribution in [1.82, 2.24) is 5.32 Å². The average molecular weight is 275 g/mol. The third-order valence-electron chi connectivity index (χ3n) is 4.83. The number of nitrogens with one attached hydrogen (secondary N) is 1. The fourth-order valence-electron chi connectivity index (χ4n) is 3.39. The first-order valence-corrected chi connectivity index (χ1v) is 7.94. The Morgan fingerprint density at radius 1 is 1.35 bits per heavy atom. The Bertz CT molecular complexity index is 427. The maximum Gasteiger partial charge on any atom is 0.0775 e. The Hall–Kier alpha value is -0.860. The van der Waals surface area contributed by atoms with E-state index in [1.165, 1.54) is 19.3 Å². The molecule has 1 aliphatic rings. The lowest BCUT2D eigenvalue weighted by Crippen LogP contribution is -2.49. The fourth-order valence-corrected chi connectivity index (χ4v) is 3.39. The van der Waals surface area contributed by atoms with E-state index in [-0.39, 0.29) is 5.60 Å². The van der Waals surface area contributed by atoms with Gasteiger partial charge in [0.1, 0.15) is 0 Å². The van der Waals surface area contributed by atoms with Crippen LogP contribution in [-0.4, -0.2) is 25.3 Å². The molecule has 2 nitrogen and oxygen atoms in total. The Kier molecular flexibility index (Phi) is 5.22. The Morgan fingerprint density at radius 2 is 2.10 bits per heavy atom. The summed E-state index contributed by atoms with van der Waals surface area (Å²) >= 11 is 0. The first-order chi connectivity index (χ1) is 9.58. The van der Waals surface area contributed by atoms with E-state index in [1.807, 2.05) is 7.11 Å². The van der Waals surface area contributed by atoms with Gasteiger partial charge in [-0.05, 0) is 63.1 Å². The minimum absolute atomic E-state index is 0.123. The largest absolute Gasteiger partial charge is 0.377 e. The molecule has 0 aromatic heterocycles. The van der Waals surface area contributed by atoms with Gasteiger partial charge in [-0.2, -0.15) is 0 Å². The van der Waals surface area contributed by atoms with Crippen molar-refractivity contribution >= 4 is 0 Å². The number of fused-ring (bicyclic) bond motifs is 1. The van der Waals surface area contributed by atoms with Crippen molar-refractivity contribution in [2.45, 2.75) is 64.0 Å². The molecule has 0 aliphatic heterocycles. The molecular formula is C18H29NO. The Balaban J connectivity index is 2.16. The molecule has 0 saturated carbocycles. The van der Waals surface area contributed by atoms with Crippen molar-refractivity contribution in [3.63, 3.8) is 0 Å². The summed E-state index contributed by atoms with van der Waals surface area (Å²) in [5.74, 6) is 0.665. The number of likely N-dealkylation sites (N-methyl/N-ethyl adjacent to an activating group) is 1. The molecule has 1 aromatic carbocycles. The Labute approximate surface area is 123 Å². The van der Waals surface area contributed by atoms with Crippen LogP contribution in [0.15, 0.2) is 24.3 Å². The van der Waals surface area contributed by atoms with Gasteiger partial charge in [0.2, 0.25) is 0 Å². The maximum atomic E-state index is 5.72. The van der Waals surface area contributed by atoms with Crippen molar-refractivity contribution in [3.8, 4) is 0 Å². The number of rotatable bonds is 6. The molecule has 0 saturated heterocycles. The van der Waals surface area contributed by atoms with E-state index in [0.717, 1.165) is 13.0 Å². The van der Waals surface area contributed by atoms with E-state index < -0.39 is 0 Å². The van der Waals surface area contributed by atoms with Crippen molar-refractivity contribution in [3.05, 3.63) is 35.4 Å². The molecule has 0 fully saturated rings. The number of methoxy groups -OCH3 is 1. The van der Waals surface area contributed by atoms with Gasteiger partial charge in [-0.3, -0.25) is 0 Å².